The molecule has 0 N–H and O–H groups in total. The highest BCUT2D eigenvalue weighted by Gasteiger charge is 2.52. The molecule has 7 heteroatoms. The lowest BCUT2D eigenvalue weighted by Gasteiger charge is -2.24. The average molecular weight is 432 g/mol. The number of hydrogen-bond donors (Lipinski definition) is 0. The van der Waals surface area contributed by atoms with Gasteiger partial charge < -0.3 is 9.47 Å². The van der Waals surface area contributed by atoms with Crippen LogP contribution < -0.4 is 0 Å². The van der Waals surface area contributed by atoms with Crippen molar-refractivity contribution in [3.8, 4) is 11.1 Å². The second-order valence-electron chi connectivity index (χ2n) is 8.26. The summed E-state index contributed by atoms with van der Waals surface area (Å²) in [5.74, 6) is -0.217. The van der Waals surface area contributed by atoms with Crippen molar-refractivity contribution in [2.45, 2.75) is 24.4 Å². The van der Waals surface area contributed by atoms with E-state index in [0.29, 0.717) is 13.0 Å². The Bertz CT molecular complexity index is 1050. The van der Waals surface area contributed by atoms with Crippen LogP contribution in [0.25, 0.3) is 11.1 Å². The van der Waals surface area contributed by atoms with Gasteiger partial charge in [0.25, 0.3) is 0 Å². The summed E-state index contributed by atoms with van der Waals surface area (Å²) in [6.45, 7) is 4.11. The molecule has 2 heterocycles. The van der Waals surface area contributed by atoms with Gasteiger partial charge in [0.2, 0.25) is 0 Å². The van der Waals surface area contributed by atoms with Crippen LogP contribution in [0.3, 0.4) is 0 Å². The summed E-state index contributed by atoms with van der Waals surface area (Å²) in [7, 11) is 0. The van der Waals surface area contributed by atoms with E-state index < -0.39 is 18.2 Å². The molecule has 0 bridgehead atoms. The first-order chi connectivity index (χ1) is 15.6. The van der Waals surface area contributed by atoms with Crippen molar-refractivity contribution in [2.24, 2.45) is 0 Å². The number of carbonyl (C=O) groups excluding carboxylic acids is 3. The number of nitrogens with zero attached hydrogens (tertiary/aromatic N) is 2. The number of benzene rings is 2. The van der Waals surface area contributed by atoms with Crippen molar-refractivity contribution in [1.29, 1.82) is 0 Å². The van der Waals surface area contributed by atoms with Gasteiger partial charge in [-0.2, -0.15) is 0 Å². The Labute approximate surface area is 186 Å². The van der Waals surface area contributed by atoms with E-state index in [-0.39, 0.29) is 37.5 Å². The maximum atomic E-state index is 13.0. The summed E-state index contributed by atoms with van der Waals surface area (Å²) >= 11 is 0. The number of rotatable bonds is 4. The van der Waals surface area contributed by atoms with Crippen LogP contribution in [0.1, 0.15) is 23.5 Å². The quantitative estimate of drug-likeness (QED) is 0.691. The Hall–Kier alpha value is -3.61. The first kappa shape index (κ1) is 20.3. The Morgan fingerprint density at radius 2 is 1.59 bits per heavy atom. The Morgan fingerprint density at radius 3 is 2.25 bits per heavy atom. The van der Waals surface area contributed by atoms with Crippen LogP contribution in [-0.4, -0.2) is 66.2 Å². The molecule has 2 atom stereocenters. The summed E-state index contributed by atoms with van der Waals surface area (Å²) in [4.78, 5) is 40.7. The molecule has 2 fully saturated rings. The van der Waals surface area contributed by atoms with Crippen molar-refractivity contribution < 1.29 is 23.9 Å². The van der Waals surface area contributed by atoms with Gasteiger partial charge in [-0.05, 0) is 28.7 Å². The van der Waals surface area contributed by atoms with E-state index >= 15 is 0 Å². The molecule has 2 unspecified atom stereocenters. The van der Waals surface area contributed by atoms with E-state index in [1.54, 1.807) is 0 Å². The zero-order valence-corrected chi connectivity index (χ0v) is 17.6. The number of likely N-dealkylation sites (tertiary alicyclic amines) is 2. The van der Waals surface area contributed by atoms with Crippen LogP contribution in [0, 0.1) is 0 Å². The minimum Gasteiger partial charge on any atom is -0.448 e. The minimum absolute atomic E-state index is 0.0468. The number of carbonyl (C=O) groups is 3. The van der Waals surface area contributed by atoms with Crippen LogP contribution >= 0.6 is 0 Å². The molecule has 5 rings (SSSR count). The smallest absolute Gasteiger partial charge is 0.410 e. The maximum Gasteiger partial charge on any atom is 0.410 e. The van der Waals surface area contributed by atoms with Crippen molar-refractivity contribution in [2.75, 3.05) is 26.3 Å². The SMILES string of the molecule is C=CCOC(=O)N1CC(=O)C2C1CCN2C(=O)OCC1c2ccccc2-c2ccccc21. The molecular weight excluding hydrogens is 408 g/mol. The first-order valence-electron chi connectivity index (χ1n) is 10.8. The zero-order chi connectivity index (χ0) is 22.2. The lowest BCUT2D eigenvalue weighted by molar-refractivity contribution is -0.120. The average Bonchev–Trinajstić information content (AvgIpc) is 3.48. The van der Waals surface area contributed by atoms with Crippen LogP contribution in [0.15, 0.2) is 61.2 Å². The Balaban J connectivity index is 1.28. The van der Waals surface area contributed by atoms with Crippen LogP contribution in [0.5, 0.6) is 0 Å². The van der Waals surface area contributed by atoms with E-state index in [1.807, 2.05) is 24.3 Å². The largest absolute Gasteiger partial charge is 0.448 e. The standard InChI is InChI=1S/C25H24N2O5/c1-2-13-31-25(30)27-14-22(28)23-21(27)11-12-26(23)24(29)32-15-20-18-9-5-3-7-16(18)17-8-4-6-10-19(17)20/h2-10,20-21,23H,1,11-15H2. The third kappa shape index (κ3) is 3.25. The second-order valence-corrected chi connectivity index (χ2v) is 8.26. The highest BCUT2D eigenvalue weighted by atomic mass is 16.6. The third-order valence-electron chi connectivity index (χ3n) is 6.55. The van der Waals surface area contributed by atoms with Crippen molar-refractivity contribution in [1.82, 2.24) is 9.80 Å². The molecule has 2 aromatic rings. The number of hydrogen-bond acceptors (Lipinski definition) is 5. The molecule has 2 aliphatic heterocycles. The van der Waals surface area contributed by atoms with Crippen molar-refractivity contribution >= 4 is 18.0 Å². The van der Waals surface area contributed by atoms with Gasteiger partial charge in [0, 0.05) is 12.5 Å². The van der Waals surface area contributed by atoms with Crippen molar-refractivity contribution in [3.63, 3.8) is 0 Å². The molecule has 3 aliphatic rings. The third-order valence-corrected chi connectivity index (χ3v) is 6.55. The normalized spacial score (nSPS) is 21.2. The molecule has 1 aliphatic carbocycles. The number of ether oxygens (including phenoxy) is 2. The zero-order valence-electron chi connectivity index (χ0n) is 17.6. The molecule has 0 radical (unpaired) electrons. The molecule has 0 saturated carbocycles. The number of amides is 2. The summed E-state index contributed by atoms with van der Waals surface area (Å²) in [6, 6.07) is 15.2. The molecule has 164 valence electrons. The highest BCUT2D eigenvalue weighted by Crippen LogP contribution is 2.44. The molecule has 0 spiro atoms. The molecule has 2 aromatic carbocycles. The van der Waals surface area contributed by atoms with Crippen LogP contribution in [-0.2, 0) is 14.3 Å². The van der Waals surface area contributed by atoms with Crippen molar-refractivity contribution in [3.05, 3.63) is 72.3 Å². The molecule has 2 saturated heterocycles. The van der Waals surface area contributed by atoms with E-state index in [2.05, 4.69) is 30.8 Å². The monoisotopic (exact) mass is 432 g/mol. The van der Waals surface area contributed by atoms with Crippen LogP contribution in [0.2, 0.25) is 0 Å². The lowest BCUT2D eigenvalue weighted by atomic mass is 9.98. The fraction of sp³-hybridized carbons (Fsp3) is 0.320. The van der Waals surface area contributed by atoms with E-state index in [0.717, 1.165) is 22.3 Å². The molecule has 2 amide bonds. The topological polar surface area (TPSA) is 76.2 Å². The summed E-state index contributed by atoms with van der Waals surface area (Å²) in [5, 5.41) is 0. The highest BCUT2D eigenvalue weighted by molar-refractivity contribution is 5.95. The molecule has 7 nitrogen and oxygen atoms in total. The maximum absolute atomic E-state index is 13.0. The van der Waals surface area contributed by atoms with Gasteiger partial charge in [0.15, 0.2) is 5.78 Å². The first-order valence-corrected chi connectivity index (χ1v) is 10.8. The van der Waals surface area contributed by atoms with Gasteiger partial charge in [0.1, 0.15) is 19.3 Å². The predicted octanol–water partition coefficient (Wildman–Crippen LogP) is 3.59. The fourth-order valence-electron chi connectivity index (χ4n) is 5.16. The van der Waals surface area contributed by atoms with E-state index in [4.69, 9.17) is 9.47 Å². The van der Waals surface area contributed by atoms with Crippen LogP contribution in [0.4, 0.5) is 9.59 Å². The van der Waals surface area contributed by atoms with Gasteiger partial charge in [-0.3, -0.25) is 14.6 Å². The summed E-state index contributed by atoms with van der Waals surface area (Å²) in [6.07, 6.45) is 0.920. The van der Waals surface area contributed by atoms with Gasteiger partial charge >= 0.3 is 12.2 Å². The Morgan fingerprint density at radius 1 is 0.969 bits per heavy atom. The van der Waals surface area contributed by atoms with Gasteiger partial charge in [-0.1, -0.05) is 61.2 Å². The molecule has 0 aromatic heterocycles. The predicted molar refractivity (Wildman–Crippen MR) is 117 cm³/mol. The van der Waals surface area contributed by atoms with E-state index in [1.165, 1.54) is 15.9 Å². The number of Topliss-reactive ketones (excluding diaryl/α,β-unsaturated/α-hetero) is 1. The molecular formula is C25H24N2O5. The summed E-state index contributed by atoms with van der Waals surface area (Å²) < 4.78 is 10.8. The fourth-order valence-corrected chi connectivity index (χ4v) is 5.16. The number of ketones is 1. The lowest BCUT2D eigenvalue weighted by Crippen LogP contribution is -2.44. The second kappa shape index (κ2) is 8.15. The minimum atomic E-state index is -0.679. The van der Waals surface area contributed by atoms with E-state index in [9.17, 15) is 14.4 Å². The summed E-state index contributed by atoms with van der Waals surface area (Å²) in [5.41, 5.74) is 4.58. The number of fused-ring (bicyclic) bond motifs is 4. The van der Waals surface area contributed by atoms with Gasteiger partial charge in [0.05, 0.1) is 12.6 Å². The van der Waals surface area contributed by atoms with Gasteiger partial charge in [-0.25, -0.2) is 9.59 Å². The molecule has 32 heavy (non-hydrogen) atoms. The Kier molecular flexibility index (Phi) is 5.17. The van der Waals surface area contributed by atoms with Gasteiger partial charge in [-0.15, -0.1) is 0 Å².